The molecule has 7 N–H and O–H groups in total. The van der Waals surface area contributed by atoms with E-state index in [0.29, 0.717) is 34.5 Å². The molecule has 1 heterocycles. The first-order valence-electron chi connectivity index (χ1n) is 13.7. The van der Waals surface area contributed by atoms with Gasteiger partial charge in [0.1, 0.15) is 6.61 Å². The number of hydrogen-bond donors (Lipinski definition) is 5. The van der Waals surface area contributed by atoms with Gasteiger partial charge in [-0.2, -0.15) is 23.4 Å². The van der Waals surface area contributed by atoms with Gasteiger partial charge in [-0.1, -0.05) is 54.1 Å². The van der Waals surface area contributed by atoms with Gasteiger partial charge < -0.3 is 32.2 Å². The molecule has 13 nitrogen and oxygen atoms in total. The van der Waals surface area contributed by atoms with Crippen molar-refractivity contribution in [3.05, 3.63) is 125 Å². The van der Waals surface area contributed by atoms with E-state index in [4.69, 9.17) is 27.8 Å². The van der Waals surface area contributed by atoms with Crippen LogP contribution in [0.2, 0.25) is 5.02 Å². The molecule has 1 amide bonds. The minimum absolute atomic E-state index is 0.119. The SMILES string of the molecule is NC(N)=NS(=O)(=O)c1ccc(NC(=O)c2ccc(Nc3nc(NCc4ccc(Cl)cc4)nc(OCc4ccccc4)n3)cc2)cc1. The Morgan fingerprint density at radius 3 is 2.11 bits per heavy atom. The van der Waals surface area contributed by atoms with E-state index in [0.717, 1.165) is 11.1 Å². The molecule has 0 fully saturated rings. The maximum absolute atomic E-state index is 12.8. The lowest BCUT2D eigenvalue weighted by atomic mass is 10.2. The summed E-state index contributed by atoms with van der Waals surface area (Å²) in [5.74, 6) is -0.459. The third-order valence-corrected chi connectivity index (χ3v) is 7.80. The molecule has 46 heavy (non-hydrogen) atoms. The van der Waals surface area contributed by atoms with Gasteiger partial charge in [-0.05, 0) is 71.8 Å². The van der Waals surface area contributed by atoms with Crippen molar-refractivity contribution >= 4 is 56.8 Å². The van der Waals surface area contributed by atoms with E-state index < -0.39 is 21.9 Å². The minimum atomic E-state index is -4.04. The molecule has 0 aliphatic heterocycles. The fourth-order valence-corrected chi connectivity index (χ4v) is 4.99. The topological polar surface area (TPSA) is 200 Å². The van der Waals surface area contributed by atoms with Crippen LogP contribution in [0.15, 0.2) is 112 Å². The monoisotopic (exact) mass is 657 g/mol. The molecule has 0 unspecified atom stereocenters. The number of amides is 1. The van der Waals surface area contributed by atoms with Gasteiger partial charge in [-0.3, -0.25) is 4.79 Å². The number of anilines is 4. The summed E-state index contributed by atoms with van der Waals surface area (Å²) in [6.45, 7) is 0.705. The van der Waals surface area contributed by atoms with Crippen LogP contribution in [0.4, 0.5) is 23.3 Å². The average Bonchev–Trinajstić information content (AvgIpc) is 3.04. The maximum Gasteiger partial charge on any atom is 0.323 e. The van der Waals surface area contributed by atoms with E-state index >= 15 is 0 Å². The molecule has 1 aromatic heterocycles. The number of nitrogens with one attached hydrogen (secondary N) is 3. The zero-order valence-electron chi connectivity index (χ0n) is 24.1. The van der Waals surface area contributed by atoms with Crippen molar-refractivity contribution in [2.24, 2.45) is 15.9 Å². The van der Waals surface area contributed by atoms with Crippen LogP contribution in [-0.4, -0.2) is 35.2 Å². The van der Waals surface area contributed by atoms with Gasteiger partial charge in [0.15, 0.2) is 0 Å². The Morgan fingerprint density at radius 1 is 0.783 bits per heavy atom. The summed E-state index contributed by atoms with van der Waals surface area (Å²) >= 11 is 6.00. The number of carbonyl (C=O) groups is 1. The lowest BCUT2D eigenvalue weighted by Crippen LogP contribution is -2.24. The highest BCUT2D eigenvalue weighted by atomic mass is 35.5. The van der Waals surface area contributed by atoms with Gasteiger partial charge in [0, 0.05) is 28.5 Å². The Hall–Kier alpha value is -5.73. The van der Waals surface area contributed by atoms with E-state index in [-0.39, 0.29) is 23.5 Å². The van der Waals surface area contributed by atoms with Gasteiger partial charge in [0.05, 0.1) is 4.90 Å². The number of nitrogens with zero attached hydrogens (tertiary/aromatic N) is 4. The van der Waals surface area contributed by atoms with Crippen molar-refractivity contribution in [1.29, 1.82) is 0 Å². The van der Waals surface area contributed by atoms with Crippen LogP contribution in [0.1, 0.15) is 21.5 Å². The first-order chi connectivity index (χ1) is 22.1. The minimum Gasteiger partial charge on any atom is -0.458 e. The highest BCUT2D eigenvalue weighted by molar-refractivity contribution is 7.90. The van der Waals surface area contributed by atoms with Gasteiger partial charge in [-0.25, -0.2) is 0 Å². The fraction of sp³-hybridized carbons (Fsp3) is 0.0645. The number of sulfonamides is 1. The highest BCUT2D eigenvalue weighted by Gasteiger charge is 2.14. The Labute approximate surface area is 269 Å². The zero-order valence-corrected chi connectivity index (χ0v) is 25.7. The third-order valence-electron chi connectivity index (χ3n) is 6.23. The van der Waals surface area contributed by atoms with Crippen LogP contribution in [0.25, 0.3) is 0 Å². The predicted molar refractivity (Wildman–Crippen MR) is 176 cm³/mol. The predicted octanol–water partition coefficient (Wildman–Crippen LogP) is 4.67. The van der Waals surface area contributed by atoms with Crippen LogP contribution in [0.3, 0.4) is 0 Å². The maximum atomic E-state index is 12.8. The van der Waals surface area contributed by atoms with Gasteiger partial charge in [0.2, 0.25) is 17.9 Å². The molecule has 0 bridgehead atoms. The molecule has 0 saturated carbocycles. The molecule has 0 spiro atoms. The second-order valence-electron chi connectivity index (χ2n) is 9.69. The number of carbonyl (C=O) groups excluding carboxylic acids is 1. The van der Waals surface area contributed by atoms with Gasteiger partial charge >= 0.3 is 6.01 Å². The molecule has 15 heteroatoms. The van der Waals surface area contributed by atoms with E-state index in [1.54, 1.807) is 36.4 Å². The molecular weight excluding hydrogens is 630 g/mol. The summed E-state index contributed by atoms with van der Waals surface area (Å²) in [5.41, 5.74) is 13.6. The van der Waals surface area contributed by atoms with Crippen LogP contribution in [0.5, 0.6) is 6.01 Å². The second-order valence-corrected chi connectivity index (χ2v) is 11.7. The Balaban J connectivity index is 1.27. The quantitative estimate of drug-likeness (QED) is 0.0922. The summed E-state index contributed by atoms with van der Waals surface area (Å²) in [6, 6.07) is 29.2. The third kappa shape index (κ3) is 8.90. The first kappa shape index (κ1) is 31.7. The summed E-state index contributed by atoms with van der Waals surface area (Å²) in [6.07, 6.45) is 0. The van der Waals surface area contributed by atoms with Gasteiger partial charge in [-0.15, -0.1) is 4.40 Å². The lowest BCUT2D eigenvalue weighted by molar-refractivity contribution is 0.102. The molecule has 5 rings (SSSR count). The summed E-state index contributed by atoms with van der Waals surface area (Å²) < 4.78 is 33.3. The molecule has 0 radical (unpaired) electrons. The number of halogens is 1. The van der Waals surface area contributed by atoms with E-state index in [9.17, 15) is 13.2 Å². The van der Waals surface area contributed by atoms with E-state index in [2.05, 4.69) is 35.3 Å². The molecule has 0 aliphatic rings. The molecular formula is C31H28ClN9O4S. The Bertz CT molecular complexity index is 1940. The molecule has 5 aromatic rings. The van der Waals surface area contributed by atoms with Crippen LogP contribution < -0.4 is 32.2 Å². The van der Waals surface area contributed by atoms with E-state index in [1.807, 2.05) is 42.5 Å². The molecule has 0 atom stereocenters. The van der Waals surface area contributed by atoms with Crippen molar-refractivity contribution < 1.29 is 17.9 Å². The average molecular weight is 658 g/mol. The number of benzene rings is 4. The Kier molecular flexibility index (Phi) is 9.90. The van der Waals surface area contributed by atoms with Crippen molar-refractivity contribution in [3.63, 3.8) is 0 Å². The van der Waals surface area contributed by atoms with Crippen molar-refractivity contribution in [2.45, 2.75) is 18.0 Å². The fourth-order valence-electron chi connectivity index (χ4n) is 4.00. The number of guanidine groups is 1. The molecule has 0 saturated heterocycles. The number of rotatable bonds is 12. The highest BCUT2D eigenvalue weighted by Crippen LogP contribution is 2.21. The number of nitrogens with two attached hydrogens (primary N) is 2. The lowest BCUT2D eigenvalue weighted by Gasteiger charge is -2.12. The van der Waals surface area contributed by atoms with Crippen molar-refractivity contribution in [3.8, 4) is 6.01 Å². The summed E-state index contributed by atoms with van der Waals surface area (Å²) in [4.78, 5) is 26.0. The van der Waals surface area contributed by atoms with Gasteiger partial charge in [0.25, 0.3) is 15.9 Å². The van der Waals surface area contributed by atoms with Crippen LogP contribution in [0, 0.1) is 0 Å². The van der Waals surface area contributed by atoms with Crippen molar-refractivity contribution in [1.82, 2.24) is 15.0 Å². The van der Waals surface area contributed by atoms with Crippen molar-refractivity contribution in [2.75, 3.05) is 16.0 Å². The normalized spacial score (nSPS) is 10.9. The summed E-state index contributed by atoms with van der Waals surface area (Å²) in [7, 11) is -4.04. The van der Waals surface area contributed by atoms with E-state index in [1.165, 1.54) is 24.3 Å². The largest absolute Gasteiger partial charge is 0.458 e. The standard InChI is InChI=1S/C31H28ClN9O4S/c32-23-10-6-20(7-11-23)18-35-29-38-30(40-31(39-29)45-19-21-4-2-1-3-5-21)37-25-12-8-22(9-13-25)27(42)36-24-14-16-26(17-15-24)46(43,44)41-28(33)34/h1-17H,18-19H2,(H,36,42)(H4,33,34,41)(H2,35,37,38,39,40). The number of hydrogen-bond acceptors (Lipinski definition) is 9. The number of ether oxygens (including phenoxy) is 1. The molecule has 0 aliphatic carbocycles. The Morgan fingerprint density at radius 2 is 1.43 bits per heavy atom. The van der Waals surface area contributed by atoms with Crippen LogP contribution in [-0.2, 0) is 23.2 Å². The summed E-state index contributed by atoms with van der Waals surface area (Å²) in [5, 5.41) is 9.66. The second kappa shape index (κ2) is 14.4. The zero-order chi connectivity index (χ0) is 32.5. The molecule has 4 aromatic carbocycles. The number of aromatic nitrogens is 3. The first-order valence-corrected chi connectivity index (χ1v) is 15.5. The molecule has 234 valence electrons. The van der Waals surface area contributed by atoms with Crippen LogP contribution >= 0.6 is 11.6 Å². The smallest absolute Gasteiger partial charge is 0.323 e.